The average Bonchev–Trinajstić information content (AvgIpc) is 3.10. The highest BCUT2D eigenvalue weighted by Crippen LogP contribution is 2.24. The predicted molar refractivity (Wildman–Crippen MR) is 101 cm³/mol. The van der Waals surface area contributed by atoms with Crippen molar-refractivity contribution in [3.05, 3.63) is 41.8 Å². The van der Waals surface area contributed by atoms with Crippen molar-refractivity contribution in [3.63, 3.8) is 0 Å². The molecule has 3 rings (SSSR count). The number of nitrogens with one attached hydrogen (secondary N) is 2. The minimum absolute atomic E-state index is 0.0295. The Morgan fingerprint density at radius 3 is 2.93 bits per heavy atom. The van der Waals surface area contributed by atoms with Crippen LogP contribution in [0.3, 0.4) is 0 Å². The first-order valence-corrected chi connectivity index (χ1v) is 9.39. The molecule has 0 spiro atoms. The zero-order valence-electron chi connectivity index (χ0n) is 15.9. The van der Waals surface area contributed by atoms with Crippen molar-refractivity contribution in [2.45, 2.75) is 32.9 Å². The summed E-state index contributed by atoms with van der Waals surface area (Å²) in [5.74, 6) is 0.215. The fourth-order valence-corrected chi connectivity index (χ4v) is 3.21. The van der Waals surface area contributed by atoms with Crippen molar-refractivity contribution >= 4 is 5.91 Å². The summed E-state index contributed by atoms with van der Waals surface area (Å²) in [4.78, 5) is 14.5. The molecule has 6 nitrogen and oxygen atoms in total. The molecule has 1 aromatic carbocycles. The zero-order valence-corrected chi connectivity index (χ0v) is 15.9. The molecule has 0 radical (unpaired) electrons. The monoisotopic (exact) mass is 374 g/mol. The maximum absolute atomic E-state index is 13.2. The molecule has 2 heterocycles. The van der Waals surface area contributed by atoms with Crippen LogP contribution in [0.1, 0.15) is 25.8 Å². The molecule has 1 aromatic heterocycles. The highest BCUT2D eigenvalue weighted by Gasteiger charge is 2.26. The molecule has 27 heavy (non-hydrogen) atoms. The summed E-state index contributed by atoms with van der Waals surface area (Å²) in [6, 6.07) is 6.39. The van der Waals surface area contributed by atoms with Crippen LogP contribution < -0.4 is 5.32 Å². The van der Waals surface area contributed by atoms with E-state index in [1.807, 2.05) is 0 Å². The third kappa shape index (κ3) is 5.37. The number of rotatable bonds is 7. The number of morpholine rings is 1. The van der Waals surface area contributed by atoms with Crippen molar-refractivity contribution in [2.24, 2.45) is 5.92 Å². The summed E-state index contributed by atoms with van der Waals surface area (Å²) >= 11 is 0. The Hall–Kier alpha value is -2.25. The van der Waals surface area contributed by atoms with E-state index in [0.717, 1.165) is 23.4 Å². The molecule has 1 unspecified atom stereocenters. The molecule has 1 saturated heterocycles. The number of ether oxygens (including phenoxy) is 1. The van der Waals surface area contributed by atoms with Crippen molar-refractivity contribution in [3.8, 4) is 11.3 Å². The second-order valence-electron chi connectivity index (χ2n) is 7.38. The number of benzene rings is 1. The number of halogens is 1. The van der Waals surface area contributed by atoms with E-state index >= 15 is 0 Å². The third-order valence-electron chi connectivity index (χ3n) is 4.70. The number of hydrogen-bond donors (Lipinski definition) is 2. The number of H-pyrrole nitrogens is 1. The Morgan fingerprint density at radius 2 is 2.19 bits per heavy atom. The fourth-order valence-electron chi connectivity index (χ4n) is 3.21. The Balaban J connectivity index is 1.67. The topological polar surface area (TPSA) is 70.2 Å². The lowest BCUT2D eigenvalue weighted by molar-refractivity contribution is -0.124. The van der Waals surface area contributed by atoms with Gasteiger partial charge in [0.15, 0.2) is 0 Å². The molecule has 1 amide bonds. The van der Waals surface area contributed by atoms with Gasteiger partial charge in [0.2, 0.25) is 5.91 Å². The van der Waals surface area contributed by atoms with Crippen LogP contribution >= 0.6 is 0 Å². The normalized spacial score (nSPS) is 18.0. The minimum Gasteiger partial charge on any atom is -0.378 e. The second-order valence-corrected chi connectivity index (χ2v) is 7.38. The van der Waals surface area contributed by atoms with Crippen LogP contribution in [0, 0.1) is 11.7 Å². The van der Waals surface area contributed by atoms with Crippen molar-refractivity contribution < 1.29 is 13.9 Å². The molecular weight excluding hydrogens is 347 g/mol. The van der Waals surface area contributed by atoms with Gasteiger partial charge in [0.1, 0.15) is 5.82 Å². The van der Waals surface area contributed by atoms with Crippen LogP contribution in [0.25, 0.3) is 11.3 Å². The maximum atomic E-state index is 13.2. The Morgan fingerprint density at radius 1 is 1.41 bits per heavy atom. The van der Waals surface area contributed by atoms with Gasteiger partial charge in [-0.1, -0.05) is 13.8 Å². The lowest BCUT2D eigenvalue weighted by Crippen LogP contribution is -2.47. The summed E-state index contributed by atoms with van der Waals surface area (Å²) in [5, 5.41) is 10.2. The number of hydrogen-bond acceptors (Lipinski definition) is 4. The summed E-state index contributed by atoms with van der Waals surface area (Å²) in [7, 11) is 0. The van der Waals surface area contributed by atoms with Gasteiger partial charge in [0.05, 0.1) is 25.1 Å². The van der Waals surface area contributed by atoms with Gasteiger partial charge in [-0.15, -0.1) is 0 Å². The molecule has 2 aromatic rings. The summed E-state index contributed by atoms with van der Waals surface area (Å²) in [6.45, 7) is 7.44. The van der Waals surface area contributed by atoms with E-state index < -0.39 is 0 Å². The number of nitrogens with zero attached hydrogens (tertiary/aromatic N) is 2. The standard InChI is InChI=1S/C20H27FN4O2/c1-14(2)10-22-19(26)9-18-13-27-8-7-25(18)12-16-11-23-24-20(16)15-3-5-17(21)6-4-15/h3-6,11,14,18H,7-10,12-13H2,1-2H3,(H,22,26)(H,23,24). The first-order chi connectivity index (χ1) is 13.0. The van der Waals surface area contributed by atoms with Crippen LogP contribution in [0.5, 0.6) is 0 Å². The van der Waals surface area contributed by atoms with Crippen LogP contribution in [-0.4, -0.2) is 53.3 Å². The number of aromatic nitrogens is 2. The molecule has 0 saturated carbocycles. The minimum atomic E-state index is -0.263. The van der Waals surface area contributed by atoms with Gasteiger partial charge < -0.3 is 10.1 Å². The lowest BCUT2D eigenvalue weighted by atomic mass is 10.1. The number of carbonyl (C=O) groups excluding carboxylic acids is 1. The summed E-state index contributed by atoms with van der Waals surface area (Å²) < 4.78 is 18.8. The highest BCUT2D eigenvalue weighted by molar-refractivity contribution is 5.76. The number of amides is 1. The quantitative estimate of drug-likeness (QED) is 0.782. The van der Waals surface area contributed by atoms with E-state index in [2.05, 4.69) is 34.3 Å². The maximum Gasteiger partial charge on any atom is 0.221 e. The lowest BCUT2D eigenvalue weighted by Gasteiger charge is -2.35. The molecule has 1 aliphatic heterocycles. The smallest absolute Gasteiger partial charge is 0.221 e. The Labute approximate surface area is 159 Å². The van der Waals surface area contributed by atoms with Gasteiger partial charge in [0.25, 0.3) is 0 Å². The Bertz CT molecular complexity index is 745. The Kier molecular flexibility index (Phi) is 6.58. The molecular formula is C20H27FN4O2. The van der Waals surface area contributed by atoms with Gasteiger partial charge in [0, 0.05) is 43.2 Å². The van der Waals surface area contributed by atoms with Crippen molar-refractivity contribution in [2.75, 3.05) is 26.3 Å². The van der Waals surface area contributed by atoms with E-state index in [4.69, 9.17) is 4.74 Å². The van der Waals surface area contributed by atoms with Crippen LogP contribution in [0.15, 0.2) is 30.5 Å². The number of aromatic amines is 1. The highest BCUT2D eigenvalue weighted by atomic mass is 19.1. The van der Waals surface area contributed by atoms with Crippen molar-refractivity contribution in [1.82, 2.24) is 20.4 Å². The molecule has 0 aliphatic carbocycles. The molecule has 2 N–H and O–H groups in total. The van der Waals surface area contributed by atoms with Crippen LogP contribution in [-0.2, 0) is 16.1 Å². The van der Waals surface area contributed by atoms with E-state index in [1.54, 1.807) is 18.3 Å². The molecule has 1 aliphatic rings. The predicted octanol–water partition coefficient (Wildman–Crippen LogP) is 2.58. The van der Waals surface area contributed by atoms with E-state index in [1.165, 1.54) is 12.1 Å². The zero-order chi connectivity index (χ0) is 19.2. The summed E-state index contributed by atoms with van der Waals surface area (Å²) in [6.07, 6.45) is 2.21. The van der Waals surface area contributed by atoms with Crippen LogP contribution in [0.2, 0.25) is 0 Å². The van der Waals surface area contributed by atoms with Gasteiger partial charge in [-0.05, 0) is 30.2 Å². The largest absolute Gasteiger partial charge is 0.378 e. The average molecular weight is 374 g/mol. The van der Waals surface area contributed by atoms with Gasteiger partial charge in [-0.25, -0.2) is 4.39 Å². The first kappa shape index (κ1) is 19.5. The summed E-state index contributed by atoms with van der Waals surface area (Å²) in [5.41, 5.74) is 2.80. The molecule has 0 bridgehead atoms. The van der Waals surface area contributed by atoms with Gasteiger partial charge in [-0.2, -0.15) is 5.10 Å². The van der Waals surface area contributed by atoms with Gasteiger partial charge >= 0.3 is 0 Å². The number of carbonyl (C=O) groups is 1. The van der Waals surface area contributed by atoms with Gasteiger partial charge in [-0.3, -0.25) is 14.8 Å². The fraction of sp³-hybridized carbons (Fsp3) is 0.500. The van der Waals surface area contributed by atoms with E-state index in [9.17, 15) is 9.18 Å². The molecule has 1 fully saturated rings. The molecule has 146 valence electrons. The SMILES string of the molecule is CC(C)CNC(=O)CC1COCCN1Cc1cn[nH]c1-c1ccc(F)cc1. The van der Waals surface area contributed by atoms with Crippen LogP contribution in [0.4, 0.5) is 4.39 Å². The first-order valence-electron chi connectivity index (χ1n) is 9.39. The van der Waals surface area contributed by atoms with E-state index in [0.29, 0.717) is 38.6 Å². The third-order valence-corrected chi connectivity index (χ3v) is 4.70. The van der Waals surface area contributed by atoms with Crippen molar-refractivity contribution in [1.29, 1.82) is 0 Å². The van der Waals surface area contributed by atoms with E-state index in [-0.39, 0.29) is 17.8 Å². The second kappa shape index (κ2) is 9.10. The molecule has 7 heteroatoms. The molecule has 1 atom stereocenters.